The number of rotatable bonds is 10. The summed E-state index contributed by atoms with van der Waals surface area (Å²) >= 11 is 0. The third kappa shape index (κ3) is 11.4. The highest BCUT2D eigenvalue weighted by atomic mass is 16.5. The first kappa shape index (κ1) is 69.6. The lowest BCUT2D eigenvalue weighted by Gasteiger charge is -2.48. The smallest absolute Gasteiger partial charge is 0.260 e. The van der Waals surface area contributed by atoms with E-state index in [1.807, 2.05) is 0 Å². The summed E-state index contributed by atoms with van der Waals surface area (Å²) in [6.07, 6.45) is 0. The van der Waals surface area contributed by atoms with Crippen LogP contribution in [-0.2, 0) is 16.2 Å². The number of para-hydroxylation sites is 2. The van der Waals surface area contributed by atoms with Gasteiger partial charge in [-0.3, -0.25) is 0 Å². The van der Waals surface area contributed by atoms with Gasteiger partial charge in [0.2, 0.25) is 0 Å². The summed E-state index contributed by atoms with van der Waals surface area (Å²) in [5.74, 6) is 3.13. The fraction of sp³-hybridized carbons (Fsp3) is 0.111. The number of ether oxygens (including phenoxy) is 2. The van der Waals surface area contributed by atoms with Crippen LogP contribution in [0.2, 0.25) is 0 Å². The average molecular weight is 1480 g/mol. The van der Waals surface area contributed by atoms with Crippen molar-refractivity contribution < 1.29 is 9.47 Å². The number of benzene rings is 16. The Morgan fingerprint density at radius 3 is 1.07 bits per heavy atom. The summed E-state index contributed by atoms with van der Waals surface area (Å²) in [6.45, 7) is 20.2. The number of anilines is 6. The Hall–Kier alpha value is -13.4. The molecular formula is C108H85B2N3O2. The molecule has 0 saturated carbocycles. The number of nitrogens with zero attached hydrogens (tertiary/aromatic N) is 3. The highest BCUT2D eigenvalue weighted by molar-refractivity contribution is 7.03. The van der Waals surface area contributed by atoms with Gasteiger partial charge < -0.3 is 23.8 Å². The van der Waals surface area contributed by atoms with Crippen LogP contribution in [0.5, 0.6) is 23.0 Å². The van der Waals surface area contributed by atoms with E-state index in [1.165, 1.54) is 32.9 Å². The van der Waals surface area contributed by atoms with E-state index >= 15 is 0 Å². The maximum absolute atomic E-state index is 8.39. The van der Waals surface area contributed by atoms with Crippen molar-refractivity contribution in [3.05, 3.63) is 369 Å². The van der Waals surface area contributed by atoms with Crippen molar-refractivity contribution in [3.63, 3.8) is 0 Å². The molecule has 5 heterocycles. The second kappa shape index (κ2) is 26.7. The molecular weight excluding hydrogens is 1390 g/mol. The Labute approximate surface area is 675 Å². The summed E-state index contributed by atoms with van der Waals surface area (Å²) in [6, 6.07) is 132. The molecule has 550 valence electrons. The van der Waals surface area contributed by atoms with Gasteiger partial charge in [0.05, 0.1) is 28.1 Å². The first-order valence-electron chi connectivity index (χ1n) is 40.5. The fourth-order valence-corrected chi connectivity index (χ4v) is 18.8. The highest BCUT2D eigenvalue weighted by Crippen LogP contribution is 2.56. The predicted molar refractivity (Wildman–Crippen MR) is 487 cm³/mol. The summed E-state index contributed by atoms with van der Waals surface area (Å²) < 4.78 is 19.2. The van der Waals surface area contributed by atoms with Crippen LogP contribution >= 0.6 is 0 Å². The molecule has 17 aromatic rings. The molecule has 7 heteroatoms. The predicted octanol–water partition coefficient (Wildman–Crippen LogP) is 25.2. The third-order valence-corrected chi connectivity index (χ3v) is 24.5. The zero-order valence-electron chi connectivity index (χ0n) is 66.3. The van der Waals surface area contributed by atoms with Crippen LogP contribution < -0.4 is 52.1 Å². The molecule has 16 aromatic carbocycles. The second-order valence-electron chi connectivity index (χ2n) is 34.7. The molecule has 4 aliphatic heterocycles. The Morgan fingerprint density at radius 2 is 0.617 bits per heavy atom. The molecule has 0 amide bonds. The monoisotopic (exact) mass is 1480 g/mol. The van der Waals surface area contributed by atoms with Crippen molar-refractivity contribution in [2.45, 2.75) is 78.6 Å². The first-order valence-corrected chi connectivity index (χ1v) is 40.5. The van der Waals surface area contributed by atoms with Crippen molar-refractivity contribution in [1.29, 1.82) is 0 Å². The first-order chi connectivity index (χ1) is 56.0. The van der Waals surface area contributed by atoms with E-state index < -0.39 is 13.4 Å². The molecule has 5 nitrogen and oxygen atoms in total. The largest absolute Gasteiger partial charge is 0.459 e. The molecule has 0 saturated heterocycles. The molecule has 0 bridgehead atoms. The quantitative estimate of drug-likeness (QED) is 0.128. The summed E-state index contributed by atoms with van der Waals surface area (Å²) in [4.78, 5) is 5.32. The van der Waals surface area contributed by atoms with Crippen molar-refractivity contribution in [1.82, 2.24) is 4.57 Å². The van der Waals surface area contributed by atoms with Crippen molar-refractivity contribution in [2.24, 2.45) is 0 Å². The number of aromatic nitrogens is 1. The zero-order valence-corrected chi connectivity index (χ0v) is 66.3. The van der Waals surface area contributed by atoms with E-state index in [0.717, 1.165) is 179 Å². The maximum Gasteiger partial charge on any atom is 0.260 e. The lowest BCUT2D eigenvalue weighted by atomic mass is 9.30. The van der Waals surface area contributed by atoms with Crippen LogP contribution in [0.3, 0.4) is 0 Å². The SMILES string of the molecule is CC(C)(C)c1cc2c3c(c1)N(c1c(-c4ccccc4)cccc1-c1ccccc1)c1cc4c5c(c1B3c1ccc(-c3ccccc3)cc1N2c1c(-c2ccccc2)cccc1-c1ccccc1)Oc1ccc(-c2ccccc2)cc1B5c1cc(-c2ccccc2)cc(-n2c3ccc(C(C)(C)C)cc3c3cc(C(C)(C)C)ccc32)c1O4. The second-order valence-corrected chi connectivity index (χ2v) is 34.7. The van der Waals surface area contributed by atoms with E-state index in [2.05, 4.69) is 429 Å². The number of fused-ring (bicyclic) bond motifs is 12. The molecule has 0 aliphatic carbocycles. The van der Waals surface area contributed by atoms with Crippen LogP contribution in [0, 0.1) is 0 Å². The van der Waals surface area contributed by atoms with E-state index in [1.54, 1.807) is 0 Å². The molecule has 115 heavy (non-hydrogen) atoms. The van der Waals surface area contributed by atoms with Gasteiger partial charge in [-0.1, -0.05) is 353 Å². The van der Waals surface area contributed by atoms with Gasteiger partial charge in [-0.25, -0.2) is 0 Å². The Bertz CT molecular complexity index is 6570. The van der Waals surface area contributed by atoms with Gasteiger partial charge in [0.15, 0.2) is 0 Å². The Morgan fingerprint density at radius 1 is 0.235 bits per heavy atom. The van der Waals surface area contributed by atoms with E-state index in [0.29, 0.717) is 0 Å². The Kier molecular flexibility index (Phi) is 16.1. The minimum Gasteiger partial charge on any atom is -0.459 e. The molecule has 1 aromatic heterocycles. The normalized spacial score (nSPS) is 13.2. The maximum atomic E-state index is 8.39. The van der Waals surface area contributed by atoms with Gasteiger partial charge in [0.25, 0.3) is 13.4 Å². The molecule has 4 aliphatic rings. The van der Waals surface area contributed by atoms with Gasteiger partial charge in [0.1, 0.15) is 23.0 Å². The fourth-order valence-electron chi connectivity index (χ4n) is 18.8. The number of hydrogen-bond acceptors (Lipinski definition) is 4. The van der Waals surface area contributed by atoms with Gasteiger partial charge in [0, 0.05) is 67.3 Å². The van der Waals surface area contributed by atoms with Crippen LogP contribution in [0.25, 0.3) is 105 Å². The van der Waals surface area contributed by atoms with Gasteiger partial charge in [-0.2, -0.15) is 0 Å². The molecule has 0 N–H and O–H groups in total. The van der Waals surface area contributed by atoms with E-state index in [4.69, 9.17) is 9.47 Å². The van der Waals surface area contributed by atoms with Crippen LogP contribution in [0.15, 0.2) is 352 Å². The number of hydrogen-bond donors (Lipinski definition) is 0. The average Bonchev–Trinajstić information content (AvgIpc) is 1.21. The standard InChI is InChI=1S/C108H85B2N3O2/c1-106(2,3)78-53-56-90-85(63-78)86-64-79(107(4,5)6)54-57-91(86)111(90)96-62-77(70-37-21-12-22-38-70)60-89-104(96)115-98-67-95-100(105-101(98)109(89)88-59-75(52-58-97(88)114-105)68-33-17-10-18-34-68)110-87-55-51-76(69-35-19-11-20-36-69)61-92(87)112(102-81(71-39-23-13-24-40-71)47-31-48-82(102)72-41-25-14-26-42-72)93-65-80(108(7,8)9)66-94(99(93)110)113(95)103-83(73-43-27-15-28-44-73)49-32-50-84(103)74-45-29-16-30-46-74/h10-67H,1-9H3. The molecule has 0 unspecified atom stereocenters. The summed E-state index contributed by atoms with van der Waals surface area (Å²) in [5.41, 5.74) is 34.8. The Balaban J connectivity index is 0.937. The molecule has 0 atom stereocenters. The van der Waals surface area contributed by atoms with Crippen molar-refractivity contribution >= 4 is 102 Å². The minimum atomic E-state index is -0.429. The molecule has 0 fully saturated rings. The van der Waals surface area contributed by atoms with Gasteiger partial charge in [-0.05, 0) is 170 Å². The molecule has 21 rings (SSSR count). The van der Waals surface area contributed by atoms with E-state index in [-0.39, 0.29) is 16.2 Å². The van der Waals surface area contributed by atoms with E-state index in [9.17, 15) is 0 Å². The molecule has 0 spiro atoms. The minimum absolute atomic E-state index is 0.104. The zero-order chi connectivity index (χ0) is 77.8. The van der Waals surface area contributed by atoms with Gasteiger partial charge >= 0.3 is 0 Å². The third-order valence-electron chi connectivity index (χ3n) is 24.5. The van der Waals surface area contributed by atoms with Crippen molar-refractivity contribution in [2.75, 3.05) is 9.80 Å². The lowest BCUT2D eigenvalue weighted by Crippen LogP contribution is -2.65. The van der Waals surface area contributed by atoms with Crippen LogP contribution in [-0.4, -0.2) is 18.0 Å². The molecule has 0 radical (unpaired) electrons. The van der Waals surface area contributed by atoms with Crippen LogP contribution in [0.4, 0.5) is 34.1 Å². The summed E-state index contributed by atoms with van der Waals surface area (Å²) in [7, 11) is 0. The highest BCUT2D eigenvalue weighted by Gasteiger charge is 2.52. The lowest BCUT2D eigenvalue weighted by molar-refractivity contribution is 0.466. The summed E-state index contributed by atoms with van der Waals surface area (Å²) in [5, 5.41) is 2.42. The van der Waals surface area contributed by atoms with Gasteiger partial charge in [-0.15, -0.1) is 0 Å². The topological polar surface area (TPSA) is 29.9 Å². The van der Waals surface area contributed by atoms with Crippen molar-refractivity contribution in [3.8, 4) is 107 Å². The van der Waals surface area contributed by atoms with Crippen LogP contribution in [0.1, 0.15) is 79.0 Å².